The Morgan fingerprint density at radius 2 is 1.33 bits per heavy atom. The number of rotatable bonds is 8. The van der Waals surface area contributed by atoms with E-state index in [0.717, 1.165) is 11.1 Å². The summed E-state index contributed by atoms with van der Waals surface area (Å²) in [6, 6.07) is 24.9. The van der Waals surface area contributed by atoms with Crippen LogP contribution in [0.25, 0.3) is 0 Å². The van der Waals surface area contributed by atoms with Gasteiger partial charge in [0, 0.05) is 6.54 Å². The van der Waals surface area contributed by atoms with Crippen LogP contribution in [-0.4, -0.2) is 17.8 Å². The largest absolute Gasteiger partial charge is 0.457 e. The van der Waals surface area contributed by atoms with Crippen molar-refractivity contribution >= 4 is 17.8 Å². The molecule has 1 amide bonds. The predicted octanol–water partition coefficient (Wildman–Crippen LogP) is 3.66. The van der Waals surface area contributed by atoms with Crippen molar-refractivity contribution in [3.05, 3.63) is 102 Å². The molecule has 6 nitrogen and oxygen atoms in total. The third-order valence-corrected chi connectivity index (χ3v) is 4.18. The molecule has 0 saturated carbocycles. The minimum Gasteiger partial charge on any atom is -0.457 e. The van der Waals surface area contributed by atoms with Crippen LogP contribution in [0.1, 0.15) is 27.9 Å². The van der Waals surface area contributed by atoms with Crippen LogP contribution in [-0.2, 0) is 27.5 Å². The zero-order valence-electron chi connectivity index (χ0n) is 16.2. The van der Waals surface area contributed by atoms with E-state index in [2.05, 4.69) is 5.32 Å². The first kappa shape index (κ1) is 20.8. The van der Waals surface area contributed by atoms with Crippen LogP contribution in [0.3, 0.4) is 0 Å². The Morgan fingerprint density at radius 1 is 0.733 bits per heavy atom. The maximum Gasteiger partial charge on any atom is 0.342 e. The zero-order valence-corrected chi connectivity index (χ0v) is 16.2. The van der Waals surface area contributed by atoms with Crippen molar-refractivity contribution in [3.63, 3.8) is 0 Å². The first-order valence-electron chi connectivity index (χ1n) is 9.43. The molecule has 3 rings (SSSR count). The Kier molecular flexibility index (Phi) is 7.33. The molecular weight excluding hydrogens is 382 g/mol. The summed E-state index contributed by atoms with van der Waals surface area (Å²) in [4.78, 5) is 36.6. The van der Waals surface area contributed by atoms with Crippen molar-refractivity contribution in [3.8, 4) is 5.75 Å². The van der Waals surface area contributed by atoms with Gasteiger partial charge in [-0.3, -0.25) is 9.59 Å². The van der Waals surface area contributed by atoms with Crippen LogP contribution >= 0.6 is 0 Å². The number of esters is 2. The van der Waals surface area contributed by atoms with Gasteiger partial charge >= 0.3 is 11.9 Å². The lowest BCUT2D eigenvalue weighted by molar-refractivity contribution is -0.138. The van der Waals surface area contributed by atoms with Gasteiger partial charge in [0.1, 0.15) is 24.3 Å². The van der Waals surface area contributed by atoms with Gasteiger partial charge in [-0.15, -0.1) is 0 Å². The second kappa shape index (κ2) is 10.6. The van der Waals surface area contributed by atoms with E-state index in [4.69, 9.17) is 9.47 Å². The number of para-hydroxylation sites is 1. The molecule has 0 aliphatic carbocycles. The fourth-order valence-electron chi connectivity index (χ4n) is 2.67. The molecule has 0 aliphatic heterocycles. The smallest absolute Gasteiger partial charge is 0.342 e. The number of carbonyl (C=O) groups is 3. The van der Waals surface area contributed by atoms with Crippen molar-refractivity contribution < 1.29 is 23.9 Å². The lowest BCUT2D eigenvalue weighted by Gasteiger charge is -2.10. The molecule has 30 heavy (non-hydrogen) atoms. The lowest BCUT2D eigenvalue weighted by Crippen LogP contribution is -2.27. The number of nitrogens with one attached hydrogen (secondary N) is 1. The number of carbonyl (C=O) groups excluding carboxylic acids is 3. The van der Waals surface area contributed by atoms with Crippen LogP contribution in [0, 0.1) is 0 Å². The average Bonchev–Trinajstić information content (AvgIpc) is 2.78. The van der Waals surface area contributed by atoms with Gasteiger partial charge in [-0.2, -0.15) is 0 Å². The highest BCUT2D eigenvalue weighted by Gasteiger charge is 2.18. The summed E-state index contributed by atoms with van der Waals surface area (Å²) < 4.78 is 10.5. The highest BCUT2D eigenvalue weighted by molar-refractivity contribution is 5.97. The summed E-state index contributed by atoms with van der Waals surface area (Å²) in [5, 5.41) is 2.66. The quantitative estimate of drug-likeness (QED) is 0.353. The third kappa shape index (κ3) is 6.31. The Labute approximate surface area is 174 Å². The number of amides is 1. The molecule has 0 aliphatic rings. The van der Waals surface area contributed by atoms with Crippen molar-refractivity contribution in [2.24, 2.45) is 0 Å². The normalized spacial score (nSPS) is 10.1. The van der Waals surface area contributed by atoms with Crippen molar-refractivity contribution in [2.75, 3.05) is 0 Å². The van der Waals surface area contributed by atoms with E-state index in [9.17, 15) is 14.4 Å². The Hall–Kier alpha value is -3.93. The van der Waals surface area contributed by atoms with Crippen LogP contribution in [0.15, 0.2) is 84.9 Å². The number of ether oxygens (including phenoxy) is 2. The summed E-state index contributed by atoms with van der Waals surface area (Å²) >= 11 is 0. The van der Waals surface area contributed by atoms with Gasteiger partial charge in [0.2, 0.25) is 5.91 Å². The van der Waals surface area contributed by atoms with E-state index in [1.165, 1.54) is 12.1 Å². The molecule has 0 atom stereocenters. The van der Waals surface area contributed by atoms with Crippen molar-refractivity contribution in [1.82, 2.24) is 5.32 Å². The third-order valence-electron chi connectivity index (χ3n) is 4.18. The van der Waals surface area contributed by atoms with Gasteiger partial charge in [-0.1, -0.05) is 72.8 Å². The number of benzene rings is 3. The van der Waals surface area contributed by atoms with Crippen molar-refractivity contribution in [1.29, 1.82) is 0 Å². The van der Waals surface area contributed by atoms with Gasteiger partial charge < -0.3 is 14.8 Å². The first-order valence-corrected chi connectivity index (χ1v) is 9.43. The number of hydrogen-bond donors (Lipinski definition) is 1. The van der Waals surface area contributed by atoms with E-state index >= 15 is 0 Å². The molecular formula is C24H21NO5. The zero-order chi connectivity index (χ0) is 21.2. The highest BCUT2D eigenvalue weighted by Crippen LogP contribution is 2.20. The SMILES string of the molecule is O=C(CC(=O)Oc1ccccc1C(=O)OCc1ccccc1)NCc1ccccc1. The van der Waals surface area contributed by atoms with Crippen LogP contribution < -0.4 is 10.1 Å². The van der Waals surface area contributed by atoms with Crippen LogP contribution in [0.4, 0.5) is 0 Å². The molecule has 0 spiro atoms. The summed E-state index contributed by atoms with van der Waals surface area (Å²) in [6.07, 6.45) is -0.458. The molecule has 0 heterocycles. The van der Waals surface area contributed by atoms with E-state index in [-0.39, 0.29) is 17.9 Å². The molecule has 0 aromatic heterocycles. The van der Waals surface area contributed by atoms with Gasteiger partial charge in [0.25, 0.3) is 0 Å². The molecule has 152 valence electrons. The van der Waals surface area contributed by atoms with Crippen LogP contribution in [0.2, 0.25) is 0 Å². The minimum atomic E-state index is -0.760. The minimum absolute atomic E-state index is 0.0522. The summed E-state index contributed by atoms with van der Waals surface area (Å²) in [5.74, 6) is -1.79. The molecule has 6 heteroatoms. The lowest BCUT2D eigenvalue weighted by atomic mass is 10.2. The summed E-state index contributed by atoms with van der Waals surface area (Å²) in [7, 11) is 0. The molecule has 1 N–H and O–H groups in total. The average molecular weight is 403 g/mol. The van der Waals surface area contributed by atoms with E-state index in [1.807, 2.05) is 60.7 Å². The molecule has 0 saturated heterocycles. The topological polar surface area (TPSA) is 81.7 Å². The van der Waals surface area contributed by atoms with Crippen LogP contribution in [0.5, 0.6) is 5.75 Å². The molecule has 0 radical (unpaired) electrons. The molecule has 0 unspecified atom stereocenters. The molecule has 0 bridgehead atoms. The fourth-order valence-corrected chi connectivity index (χ4v) is 2.67. The summed E-state index contributed by atoms with van der Waals surface area (Å²) in [5.41, 5.74) is 1.88. The first-order chi connectivity index (χ1) is 14.6. The second-order valence-corrected chi connectivity index (χ2v) is 6.47. The van der Waals surface area contributed by atoms with Gasteiger partial charge in [0.05, 0.1) is 0 Å². The highest BCUT2D eigenvalue weighted by atomic mass is 16.5. The second-order valence-electron chi connectivity index (χ2n) is 6.47. The van der Waals surface area contributed by atoms with Crippen molar-refractivity contribution in [2.45, 2.75) is 19.6 Å². The van der Waals surface area contributed by atoms with E-state index in [1.54, 1.807) is 12.1 Å². The van der Waals surface area contributed by atoms with Gasteiger partial charge in [-0.05, 0) is 23.3 Å². The van der Waals surface area contributed by atoms with Gasteiger partial charge in [-0.25, -0.2) is 4.79 Å². The van der Waals surface area contributed by atoms with E-state index < -0.39 is 24.3 Å². The molecule has 3 aromatic rings. The Bertz CT molecular complexity index is 1000. The maximum atomic E-state index is 12.4. The van der Waals surface area contributed by atoms with E-state index in [0.29, 0.717) is 6.54 Å². The summed E-state index contributed by atoms with van der Waals surface area (Å²) in [6.45, 7) is 0.416. The maximum absolute atomic E-state index is 12.4. The molecule has 3 aromatic carbocycles. The Balaban J connectivity index is 1.53. The standard InChI is InChI=1S/C24H21NO5/c26-22(25-16-18-9-3-1-4-10-18)15-23(27)30-21-14-8-7-13-20(21)24(28)29-17-19-11-5-2-6-12-19/h1-14H,15-17H2,(H,25,26). The van der Waals surface area contributed by atoms with Gasteiger partial charge in [0.15, 0.2) is 0 Å². The number of hydrogen-bond acceptors (Lipinski definition) is 5. The predicted molar refractivity (Wildman–Crippen MR) is 111 cm³/mol. The monoisotopic (exact) mass is 403 g/mol. The fraction of sp³-hybridized carbons (Fsp3) is 0.125. The Morgan fingerprint density at radius 3 is 2.03 bits per heavy atom. The molecule has 0 fully saturated rings.